The van der Waals surface area contributed by atoms with E-state index in [0.717, 1.165) is 30.4 Å². The van der Waals surface area contributed by atoms with Crippen LogP contribution in [0.4, 0.5) is 0 Å². The number of carbonyl (C=O) groups is 1. The van der Waals surface area contributed by atoms with Crippen molar-refractivity contribution in [1.82, 2.24) is 4.90 Å². The summed E-state index contributed by atoms with van der Waals surface area (Å²) in [5.41, 5.74) is 1.13. The van der Waals surface area contributed by atoms with Gasteiger partial charge in [-0.1, -0.05) is 28.1 Å². The van der Waals surface area contributed by atoms with Crippen molar-refractivity contribution in [2.75, 3.05) is 26.3 Å². The van der Waals surface area contributed by atoms with E-state index in [-0.39, 0.29) is 11.3 Å². The highest BCUT2D eigenvalue weighted by Crippen LogP contribution is 2.44. The van der Waals surface area contributed by atoms with E-state index in [9.17, 15) is 9.90 Å². The van der Waals surface area contributed by atoms with Crippen molar-refractivity contribution < 1.29 is 14.6 Å². The molecule has 2 heterocycles. The first kappa shape index (κ1) is 15.0. The molecule has 4 nitrogen and oxygen atoms in total. The van der Waals surface area contributed by atoms with E-state index in [0.29, 0.717) is 19.8 Å². The van der Waals surface area contributed by atoms with Crippen molar-refractivity contribution in [2.45, 2.75) is 19.4 Å². The molecule has 1 unspecified atom stereocenters. The first-order chi connectivity index (χ1) is 10.1. The Kier molecular flexibility index (Phi) is 4.33. The second-order valence-corrected chi connectivity index (χ2v) is 7.08. The standard InChI is InChI=1S/C16H20BrNO3/c17-13-3-1-12(2-4-13)9-18-10-14(15(19)20)16(11-18)5-7-21-8-6-16/h1-4,14H,5-11H2,(H,19,20). The lowest BCUT2D eigenvalue weighted by Crippen LogP contribution is -2.40. The van der Waals surface area contributed by atoms with Crippen LogP contribution in [0.2, 0.25) is 0 Å². The van der Waals surface area contributed by atoms with Crippen LogP contribution in [0.5, 0.6) is 0 Å². The van der Waals surface area contributed by atoms with Gasteiger partial charge in [-0.15, -0.1) is 0 Å². The Balaban J connectivity index is 1.73. The summed E-state index contributed by atoms with van der Waals surface area (Å²) in [7, 11) is 0. The van der Waals surface area contributed by atoms with E-state index in [1.807, 2.05) is 12.1 Å². The zero-order valence-corrected chi connectivity index (χ0v) is 13.5. The number of carboxylic acid groups (broad SMARTS) is 1. The largest absolute Gasteiger partial charge is 0.481 e. The molecule has 0 amide bonds. The molecule has 0 aromatic heterocycles. The molecule has 0 saturated carbocycles. The van der Waals surface area contributed by atoms with Gasteiger partial charge < -0.3 is 9.84 Å². The minimum atomic E-state index is -0.657. The van der Waals surface area contributed by atoms with Crippen LogP contribution < -0.4 is 0 Å². The smallest absolute Gasteiger partial charge is 0.308 e. The van der Waals surface area contributed by atoms with Crippen molar-refractivity contribution in [3.63, 3.8) is 0 Å². The summed E-state index contributed by atoms with van der Waals surface area (Å²) >= 11 is 3.44. The van der Waals surface area contributed by atoms with Gasteiger partial charge in [0.1, 0.15) is 0 Å². The molecule has 1 aromatic carbocycles. The highest BCUT2D eigenvalue weighted by atomic mass is 79.9. The Morgan fingerprint density at radius 2 is 2.00 bits per heavy atom. The van der Waals surface area contributed by atoms with Gasteiger partial charge in [-0.25, -0.2) is 0 Å². The monoisotopic (exact) mass is 353 g/mol. The maximum absolute atomic E-state index is 11.6. The van der Waals surface area contributed by atoms with Gasteiger partial charge in [0, 0.05) is 42.7 Å². The number of hydrogen-bond acceptors (Lipinski definition) is 3. The number of rotatable bonds is 3. The van der Waals surface area contributed by atoms with Crippen LogP contribution in [0.15, 0.2) is 28.7 Å². The van der Waals surface area contributed by atoms with Crippen LogP contribution in [0.3, 0.4) is 0 Å². The summed E-state index contributed by atoms with van der Waals surface area (Å²) in [5, 5.41) is 9.58. The number of nitrogens with zero attached hydrogens (tertiary/aromatic N) is 1. The molecule has 2 aliphatic heterocycles. The van der Waals surface area contributed by atoms with Gasteiger partial charge in [0.25, 0.3) is 0 Å². The molecule has 0 aliphatic carbocycles. The number of halogens is 1. The normalized spacial score (nSPS) is 25.3. The fraction of sp³-hybridized carbons (Fsp3) is 0.562. The topological polar surface area (TPSA) is 49.8 Å². The number of hydrogen-bond donors (Lipinski definition) is 1. The predicted molar refractivity (Wildman–Crippen MR) is 83.0 cm³/mol. The quantitative estimate of drug-likeness (QED) is 0.907. The molecular weight excluding hydrogens is 334 g/mol. The van der Waals surface area contributed by atoms with Crippen LogP contribution in [0, 0.1) is 11.3 Å². The molecule has 1 N–H and O–H groups in total. The Bertz CT molecular complexity index is 511. The Labute approximate surface area is 133 Å². The Morgan fingerprint density at radius 3 is 2.62 bits per heavy atom. The maximum atomic E-state index is 11.6. The van der Waals surface area contributed by atoms with Crippen molar-refractivity contribution >= 4 is 21.9 Å². The van der Waals surface area contributed by atoms with E-state index in [4.69, 9.17) is 4.74 Å². The number of ether oxygens (including phenoxy) is 1. The Morgan fingerprint density at radius 1 is 1.33 bits per heavy atom. The van der Waals surface area contributed by atoms with Crippen LogP contribution in [0.25, 0.3) is 0 Å². The minimum absolute atomic E-state index is 0.0978. The predicted octanol–water partition coefficient (Wildman–Crippen LogP) is 2.76. The lowest BCUT2D eigenvalue weighted by Gasteiger charge is -2.36. The van der Waals surface area contributed by atoms with Crippen molar-refractivity contribution in [3.05, 3.63) is 34.3 Å². The third-order valence-electron chi connectivity index (χ3n) is 4.82. The molecule has 2 saturated heterocycles. The fourth-order valence-electron chi connectivity index (χ4n) is 3.66. The molecule has 21 heavy (non-hydrogen) atoms. The molecule has 5 heteroatoms. The SMILES string of the molecule is O=C(O)C1CN(Cc2ccc(Br)cc2)CC12CCOCC2. The highest BCUT2D eigenvalue weighted by molar-refractivity contribution is 9.10. The molecular formula is C16H20BrNO3. The number of aliphatic carboxylic acids is 1. The Hall–Kier alpha value is -0.910. The molecule has 0 radical (unpaired) electrons. The summed E-state index contributed by atoms with van der Waals surface area (Å²) < 4.78 is 6.50. The van der Waals surface area contributed by atoms with E-state index in [2.05, 4.69) is 33.0 Å². The molecule has 114 valence electrons. The molecule has 3 rings (SSSR count). The maximum Gasteiger partial charge on any atom is 0.308 e. The zero-order valence-electron chi connectivity index (χ0n) is 11.9. The average Bonchev–Trinajstić information content (AvgIpc) is 2.80. The second-order valence-electron chi connectivity index (χ2n) is 6.16. The van der Waals surface area contributed by atoms with Gasteiger partial charge >= 0.3 is 5.97 Å². The van der Waals surface area contributed by atoms with Gasteiger partial charge in [-0.3, -0.25) is 9.69 Å². The molecule has 1 aromatic rings. The first-order valence-corrected chi connectivity index (χ1v) is 8.16. The molecule has 1 atom stereocenters. The van der Waals surface area contributed by atoms with E-state index in [1.54, 1.807) is 0 Å². The van der Waals surface area contributed by atoms with E-state index >= 15 is 0 Å². The lowest BCUT2D eigenvalue weighted by molar-refractivity contribution is -0.146. The number of carboxylic acids is 1. The van der Waals surface area contributed by atoms with Gasteiger partial charge in [0.2, 0.25) is 0 Å². The van der Waals surface area contributed by atoms with E-state index < -0.39 is 5.97 Å². The molecule has 0 bridgehead atoms. The highest BCUT2D eigenvalue weighted by Gasteiger charge is 2.50. The fourth-order valence-corrected chi connectivity index (χ4v) is 3.93. The lowest BCUT2D eigenvalue weighted by atomic mass is 9.72. The number of benzene rings is 1. The van der Waals surface area contributed by atoms with Crippen molar-refractivity contribution in [1.29, 1.82) is 0 Å². The van der Waals surface area contributed by atoms with Gasteiger partial charge in [-0.05, 0) is 30.5 Å². The summed E-state index contributed by atoms with van der Waals surface area (Å²) in [6, 6.07) is 8.25. The molecule has 2 fully saturated rings. The van der Waals surface area contributed by atoms with Gasteiger partial charge in [0.15, 0.2) is 0 Å². The summed E-state index contributed by atoms with van der Waals surface area (Å²) in [5.74, 6) is -0.924. The third kappa shape index (κ3) is 3.15. The molecule has 1 spiro atoms. The van der Waals surface area contributed by atoms with Crippen LogP contribution in [0.1, 0.15) is 18.4 Å². The first-order valence-electron chi connectivity index (χ1n) is 7.36. The van der Waals surface area contributed by atoms with Crippen molar-refractivity contribution in [2.24, 2.45) is 11.3 Å². The molecule has 2 aliphatic rings. The van der Waals surface area contributed by atoms with Gasteiger partial charge in [-0.2, -0.15) is 0 Å². The third-order valence-corrected chi connectivity index (χ3v) is 5.35. The van der Waals surface area contributed by atoms with Crippen LogP contribution in [-0.2, 0) is 16.1 Å². The zero-order chi connectivity index (χ0) is 14.9. The van der Waals surface area contributed by atoms with E-state index in [1.165, 1.54) is 5.56 Å². The summed E-state index contributed by atoms with van der Waals surface area (Å²) in [6.07, 6.45) is 1.72. The second kappa shape index (κ2) is 6.07. The summed E-state index contributed by atoms with van der Waals surface area (Å²) in [6.45, 7) is 3.71. The van der Waals surface area contributed by atoms with Gasteiger partial charge in [0.05, 0.1) is 5.92 Å². The number of likely N-dealkylation sites (tertiary alicyclic amines) is 1. The van der Waals surface area contributed by atoms with Crippen molar-refractivity contribution in [3.8, 4) is 0 Å². The summed E-state index contributed by atoms with van der Waals surface area (Å²) in [4.78, 5) is 13.9. The minimum Gasteiger partial charge on any atom is -0.481 e. The van der Waals surface area contributed by atoms with Crippen LogP contribution in [-0.4, -0.2) is 42.3 Å². The average molecular weight is 354 g/mol. The van der Waals surface area contributed by atoms with Crippen LogP contribution >= 0.6 is 15.9 Å².